The van der Waals surface area contributed by atoms with E-state index in [0.29, 0.717) is 12.5 Å². The van der Waals surface area contributed by atoms with Crippen LogP contribution in [0.15, 0.2) is 24.4 Å². The van der Waals surface area contributed by atoms with Gasteiger partial charge in [-0.15, -0.1) is 0 Å². The highest BCUT2D eigenvalue weighted by atomic mass is 15.3. The Bertz CT molecular complexity index is 390. The third kappa shape index (κ3) is 2.99. The molecular formula is C14H20N4. The molecule has 0 N–H and O–H groups in total. The van der Waals surface area contributed by atoms with Gasteiger partial charge in [0.15, 0.2) is 0 Å². The van der Waals surface area contributed by atoms with Crippen molar-refractivity contribution in [3.8, 4) is 6.07 Å². The average Bonchev–Trinajstić information content (AvgIpc) is 2.46. The van der Waals surface area contributed by atoms with Gasteiger partial charge in [0, 0.05) is 38.4 Å². The SMILES string of the molecule is CCC(CC#N)N1CCN(c2ccccn2)CC1. The highest BCUT2D eigenvalue weighted by Crippen LogP contribution is 2.16. The quantitative estimate of drug-likeness (QED) is 0.811. The molecule has 4 nitrogen and oxygen atoms in total. The fourth-order valence-electron chi connectivity index (χ4n) is 2.49. The van der Waals surface area contributed by atoms with Crippen molar-refractivity contribution in [2.45, 2.75) is 25.8 Å². The topological polar surface area (TPSA) is 43.2 Å². The monoisotopic (exact) mass is 244 g/mol. The third-order valence-corrected chi connectivity index (χ3v) is 3.60. The first-order valence-corrected chi connectivity index (χ1v) is 6.62. The molecule has 2 heterocycles. The summed E-state index contributed by atoms with van der Waals surface area (Å²) < 4.78 is 0. The molecule has 2 rings (SSSR count). The number of piperazine rings is 1. The predicted octanol–water partition coefficient (Wildman–Crippen LogP) is 1.90. The Balaban J connectivity index is 1.90. The molecule has 1 fully saturated rings. The summed E-state index contributed by atoms with van der Waals surface area (Å²) >= 11 is 0. The van der Waals surface area contributed by atoms with Gasteiger partial charge in [0.1, 0.15) is 5.82 Å². The summed E-state index contributed by atoms with van der Waals surface area (Å²) in [6, 6.07) is 8.74. The molecule has 1 atom stereocenters. The Hall–Kier alpha value is -1.60. The summed E-state index contributed by atoms with van der Waals surface area (Å²) in [4.78, 5) is 9.13. The van der Waals surface area contributed by atoms with Crippen molar-refractivity contribution in [3.63, 3.8) is 0 Å². The van der Waals surface area contributed by atoms with Crippen LogP contribution in [0.25, 0.3) is 0 Å². The van der Waals surface area contributed by atoms with Gasteiger partial charge >= 0.3 is 0 Å². The minimum atomic E-state index is 0.417. The number of anilines is 1. The first-order valence-electron chi connectivity index (χ1n) is 6.62. The van der Waals surface area contributed by atoms with Crippen LogP contribution in [0, 0.1) is 11.3 Å². The summed E-state index contributed by atoms with van der Waals surface area (Å²) in [5.41, 5.74) is 0. The van der Waals surface area contributed by atoms with Crippen molar-refractivity contribution in [3.05, 3.63) is 24.4 Å². The molecule has 0 aromatic carbocycles. The second-order valence-electron chi connectivity index (χ2n) is 4.64. The lowest BCUT2D eigenvalue weighted by Crippen LogP contribution is -2.50. The first kappa shape index (κ1) is 12.8. The van der Waals surface area contributed by atoms with Crippen LogP contribution in [0.3, 0.4) is 0 Å². The minimum absolute atomic E-state index is 0.417. The van der Waals surface area contributed by atoms with E-state index in [2.05, 4.69) is 33.8 Å². The smallest absolute Gasteiger partial charge is 0.128 e. The zero-order valence-corrected chi connectivity index (χ0v) is 10.9. The normalized spacial score (nSPS) is 18.3. The van der Waals surface area contributed by atoms with Crippen molar-refractivity contribution in [2.75, 3.05) is 31.1 Å². The molecule has 1 aliphatic rings. The minimum Gasteiger partial charge on any atom is -0.354 e. The predicted molar refractivity (Wildman–Crippen MR) is 72.3 cm³/mol. The Labute approximate surface area is 109 Å². The second-order valence-corrected chi connectivity index (χ2v) is 4.64. The molecule has 0 aliphatic carbocycles. The number of hydrogen-bond acceptors (Lipinski definition) is 4. The van der Waals surface area contributed by atoms with E-state index in [1.54, 1.807) is 0 Å². The van der Waals surface area contributed by atoms with Gasteiger partial charge in [-0.1, -0.05) is 13.0 Å². The standard InChI is InChI=1S/C14H20N4/c1-2-13(6-7-15)17-9-11-18(12-10-17)14-5-3-4-8-16-14/h3-5,8,13H,2,6,9-12H2,1H3. The average molecular weight is 244 g/mol. The van der Waals surface area contributed by atoms with Gasteiger partial charge in [0.2, 0.25) is 0 Å². The molecule has 18 heavy (non-hydrogen) atoms. The van der Waals surface area contributed by atoms with Crippen molar-refractivity contribution in [1.82, 2.24) is 9.88 Å². The van der Waals surface area contributed by atoms with Crippen LogP contribution in [0.5, 0.6) is 0 Å². The number of nitrogens with zero attached hydrogens (tertiary/aromatic N) is 4. The van der Waals surface area contributed by atoms with Crippen LogP contribution in [-0.4, -0.2) is 42.1 Å². The Morgan fingerprint density at radius 1 is 1.33 bits per heavy atom. The molecule has 4 heteroatoms. The summed E-state index contributed by atoms with van der Waals surface area (Å²) in [5.74, 6) is 1.06. The lowest BCUT2D eigenvalue weighted by atomic mass is 10.1. The van der Waals surface area contributed by atoms with Crippen molar-refractivity contribution < 1.29 is 0 Å². The van der Waals surface area contributed by atoms with E-state index in [4.69, 9.17) is 5.26 Å². The van der Waals surface area contributed by atoms with E-state index in [1.807, 2.05) is 18.3 Å². The van der Waals surface area contributed by atoms with Gasteiger partial charge in [0.25, 0.3) is 0 Å². The summed E-state index contributed by atoms with van der Waals surface area (Å²) in [7, 11) is 0. The number of rotatable bonds is 4. The highest BCUT2D eigenvalue weighted by molar-refractivity contribution is 5.38. The van der Waals surface area contributed by atoms with E-state index in [1.165, 1.54) is 0 Å². The second kappa shape index (κ2) is 6.36. The molecule has 0 spiro atoms. The van der Waals surface area contributed by atoms with Gasteiger partial charge in [-0.05, 0) is 18.6 Å². The molecular weight excluding hydrogens is 224 g/mol. The molecule has 0 radical (unpaired) electrons. The van der Waals surface area contributed by atoms with Crippen molar-refractivity contribution in [1.29, 1.82) is 5.26 Å². The Morgan fingerprint density at radius 2 is 2.11 bits per heavy atom. The van der Waals surface area contributed by atoms with Gasteiger partial charge in [-0.3, -0.25) is 4.90 Å². The molecule has 0 saturated carbocycles. The van der Waals surface area contributed by atoms with Crippen LogP contribution in [0.2, 0.25) is 0 Å². The van der Waals surface area contributed by atoms with Crippen molar-refractivity contribution >= 4 is 5.82 Å². The molecule has 96 valence electrons. The van der Waals surface area contributed by atoms with E-state index in [9.17, 15) is 0 Å². The fraction of sp³-hybridized carbons (Fsp3) is 0.571. The van der Waals surface area contributed by atoms with Crippen molar-refractivity contribution in [2.24, 2.45) is 0 Å². The molecule has 1 saturated heterocycles. The van der Waals surface area contributed by atoms with E-state index >= 15 is 0 Å². The molecule has 1 aromatic heterocycles. The zero-order valence-electron chi connectivity index (χ0n) is 10.9. The number of nitriles is 1. The molecule has 1 aromatic rings. The van der Waals surface area contributed by atoms with Crippen LogP contribution in [0.1, 0.15) is 19.8 Å². The first-order chi connectivity index (χ1) is 8.85. The summed E-state index contributed by atoms with van der Waals surface area (Å²) in [5, 5.41) is 8.83. The lowest BCUT2D eigenvalue weighted by molar-refractivity contribution is 0.182. The molecule has 1 aliphatic heterocycles. The summed E-state index contributed by atoms with van der Waals surface area (Å²) in [6.45, 7) is 6.21. The highest BCUT2D eigenvalue weighted by Gasteiger charge is 2.22. The Morgan fingerprint density at radius 3 is 2.67 bits per heavy atom. The fourth-order valence-corrected chi connectivity index (χ4v) is 2.49. The van der Waals surface area contributed by atoms with Crippen LogP contribution < -0.4 is 4.90 Å². The lowest BCUT2D eigenvalue weighted by Gasteiger charge is -2.38. The van der Waals surface area contributed by atoms with Gasteiger partial charge in [-0.2, -0.15) is 5.26 Å². The molecule has 0 amide bonds. The number of pyridine rings is 1. The number of aromatic nitrogens is 1. The van der Waals surface area contributed by atoms with E-state index in [0.717, 1.165) is 38.4 Å². The van der Waals surface area contributed by atoms with Crippen LogP contribution in [0.4, 0.5) is 5.82 Å². The van der Waals surface area contributed by atoms with Gasteiger partial charge in [-0.25, -0.2) is 4.98 Å². The maximum atomic E-state index is 8.83. The zero-order chi connectivity index (χ0) is 12.8. The Kier molecular flexibility index (Phi) is 4.54. The van der Waals surface area contributed by atoms with E-state index in [-0.39, 0.29) is 0 Å². The molecule has 1 unspecified atom stereocenters. The number of hydrogen-bond donors (Lipinski definition) is 0. The maximum absolute atomic E-state index is 8.83. The van der Waals surface area contributed by atoms with Gasteiger partial charge < -0.3 is 4.90 Å². The maximum Gasteiger partial charge on any atom is 0.128 e. The van der Waals surface area contributed by atoms with E-state index < -0.39 is 0 Å². The summed E-state index contributed by atoms with van der Waals surface area (Å²) in [6.07, 6.45) is 3.53. The van der Waals surface area contributed by atoms with Crippen LogP contribution in [-0.2, 0) is 0 Å². The van der Waals surface area contributed by atoms with Crippen LogP contribution >= 0.6 is 0 Å². The third-order valence-electron chi connectivity index (χ3n) is 3.60. The van der Waals surface area contributed by atoms with Gasteiger partial charge in [0.05, 0.1) is 12.5 Å². The molecule has 0 bridgehead atoms. The largest absolute Gasteiger partial charge is 0.354 e.